The summed E-state index contributed by atoms with van der Waals surface area (Å²) in [6, 6.07) is 0. The zero-order chi connectivity index (χ0) is 9.61. The SMILES string of the molecule is CNCCS(=O)CCS(C)(=O)=O. The number of sulfone groups is 1. The van der Waals surface area contributed by atoms with Crippen LogP contribution in [0, 0.1) is 0 Å². The highest BCUT2D eigenvalue weighted by molar-refractivity contribution is 7.92. The minimum Gasteiger partial charge on any atom is -0.319 e. The van der Waals surface area contributed by atoms with E-state index in [4.69, 9.17) is 0 Å². The number of rotatable bonds is 6. The molecule has 0 saturated carbocycles. The molecule has 0 aromatic heterocycles. The van der Waals surface area contributed by atoms with Crippen LogP contribution in [-0.2, 0) is 20.6 Å². The number of nitrogens with one attached hydrogen (secondary N) is 1. The first-order chi connectivity index (χ1) is 5.45. The Morgan fingerprint density at radius 1 is 1.33 bits per heavy atom. The molecule has 0 bridgehead atoms. The van der Waals surface area contributed by atoms with Gasteiger partial charge in [0.2, 0.25) is 0 Å². The second-order valence-electron chi connectivity index (χ2n) is 2.58. The molecular weight excluding hydrogens is 198 g/mol. The first-order valence-electron chi connectivity index (χ1n) is 3.63. The van der Waals surface area contributed by atoms with Gasteiger partial charge in [0.25, 0.3) is 0 Å². The normalized spacial score (nSPS) is 14.5. The number of hydrogen-bond donors (Lipinski definition) is 1. The van der Waals surface area contributed by atoms with Crippen LogP contribution in [-0.4, -0.2) is 49.7 Å². The summed E-state index contributed by atoms with van der Waals surface area (Å²) in [6.45, 7) is 0.663. The molecule has 0 spiro atoms. The van der Waals surface area contributed by atoms with Crippen LogP contribution in [0.2, 0.25) is 0 Å². The van der Waals surface area contributed by atoms with Gasteiger partial charge in [-0.2, -0.15) is 0 Å². The van der Waals surface area contributed by atoms with Gasteiger partial charge < -0.3 is 5.32 Å². The first kappa shape index (κ1) is 12.1. The lowest BCUT2D eigenvalue weighted by atomic mass is 10.8. The summed E-state index contributed by atoms with van der Waals surface area (Å²) in [5.41, 5.74) is 0. The van der Waals surface area contributed by atoms with Crippen molar-refractivity contribution < 1.29 is 12.6 Å². The van der Waals surface area contributed by atoms with E-state index in [1.807, 2.05) is 0 Å². The van der Waals surface area contributed by atoms with Gasteiger partial charge in [-0.25, -0.2) is 8.42 Å². The van der Waals surface area contributed by atoms with Gasteiger partial charge in [-0.05, 0) is 7.05 Å². The fourth-order valence-corrected chi connectivity index (χ4v) is 3.15. The van der Waals surface area contributed by atoms with E-state index >= 15 is 0 Å². The molecule has 0 fully saturated rings. The van der Waals surface area contributed by atoms with Crippen LogP contribution < -0.4 is 5.32 Å². The summed E-state index contributed by atoms with van der Waals surface area (Å²) in [6.07, 6.45) is 1.16. The molecule has 6 heteroatoms. The van der Waals surface area contributed by atoms with Crippen molar-refractivity contribution in [2.45, 2.75) is 0 Å². The summed E-state index contributed by atoms with van der Waals surface area (Å²) in [7, 11) is -2.19. The summed E-state index contributed by atoms with van der Waals surface area (Å²) >= 11 is 0. The third kappa shape index (κ3) is 8.16. The monoisotopic (exact) mass is 213 g/mol. The van der Waals surface area contributed by atoms with Crippen LogP contribution in [0.3, 0.4) is 0 Å². The van der Waals surface area contributed by atoms with Gasteiger partial charge in [0.05, 0.1) is 5.75 Å². The van der Waals surface area contributed by atoms with Crippen molar-refractivity contribution in [2.24, 2.45) is 0 Å². The van der Waals surface area contributed by atoms with Crippen molar-refractivity contribution in [1.29, 1.82) is 0 Å². The van der Waals surface area contributed by atoms with E-state index in [1.54, 1.807) is 7.05 Å². The Hall–Kier alpha value is 0.0600. The highest BCUT2D eigenvalue weighted by Crippen LogP contribution is 1.87. The molecule has 0 aliphatic carbocycles. The van der Waals surface area contributed by atoms with E-state index in [0.717, 1.165) is 6.26 Å². The molecule has 4 nitrogen and oxygen atoms in total. The quantitative estimate of drug-likeness (QED) is 0.615. The second kappa shape index (κ2) is 5.66. The molecule has 1 N–H and O–H groups in total. The standard InChI is InChI=1S/C6H15NO3S2/c1-7-3-4-11(8)5-6-12(2,9)10/h7H,3-6H2,1-2H3. The lowest BCUT2D eigenvalue weighted by Gasteiger charge is -1.99. The van der Waals surface area contributed by atoms with E-state index in [-0.39, 0.29) is 11.5 Å². The maximum Gasteiger partial charge on any atom is 0.148 e. The Morgan fingerprint density at radius 2 is 1.92 bits per heavy atom. The van der Waals surface area contributed by atoms with Gasteiger partial charge in [0.15, 0.2) is 0 Å². The molecule has 0 rings (SSSR count). The summed E-state index contributed by atoms with van der Waals surface area (Å²) in [5.74, 6) is 0.788. The lowest BCUT2D eigenvalue weighted by Crippen LogP contribution is -2.20. The van der Waals surface area contributed by atoms with Gasteiger partial charge in [0, 0.05) is 35.1 Å². The van der Waals surface area contributed by atoms with Crippen LogP contribution in [0.15, 0.2) is 0 Å². The highest BCUT2D eigenvalue weighted by atomic mass is 32.2. The zero-order valence-corrected chi connectivity index (χ0v) is 9.00. The molecule has 0 aliphatic rings. The molecule has 1 atom stereocenters. The van der Waals surface area contributed by atoms with Crippen molar-refractivity contribution in [3.05, 3.63) is 0 Å². The van der Waals surface area contributed by atoms with E-state index in [1.165, 1.54) is 0 Å². The van der Waals surface area contributed by atoms with Gasteiger partial charge >= 0.3 is 0 Å². The molecule has 0 saturated heterocycles. The molecule has 1 unspecified atom stereocenters. The van der Waals surface area contributed by atoms with Gasteiger partial charge in [-0.1, -0.05) is 0 Å². The Balaban J connectivity index is 3.58. The third-order valence-electron chi connectivity index (χ3n) is 1.26. The van der Waals surface area contributed by atoms with Gasteiger partial charge in [0.1, 0.15) is 9.84 Å². The van der Waals surface area contributed by atoms with Crippen LogP contribution in [0.4, 0.5) is 0 Å². The molecule has 0 aromatic carbocycles. The Labute approximate surface area is 76.1 Å². The topological polar surface area (TPSA) is 63.2 Å². The van der Waals surface area contributed by atoms with Crippen molar-refractivity contribution in [1.82, 2.24) is 5.32 Å². The van der Waals surface area contributed by atoms with Crippen LogP contribution >= 0.6 is 0 Å². The van der Waals surface area contributed by atoms with Crippen LogP contribution in [0.1, 0.15) is 0 Å². The Morgan fingerprint density at radius 3 is 2.33 bits per heavy atom. The molecule has 0 heterocycles. The zero-order valence-electron chi connectivity index (χ0n) is 7.37. The summed E-state index contributed by atoms with van der Waals surface area (Å²) in [5, 5.41) is 2.85. The average molecular weight is 213 g/mol. The smallest absolute Gasteiger partial charge is 0.148 e. The second-order valence-corrected chi connectivity index (χ2v) is 6.54. The third-order valence-corrected chi connectivity index (χ3v) is 3.78. The van der Waals surface area contributed by atoms with Crippen molar-refractivity contribution in [3.63, 3.8) is 0 Å². The predicted molar refractivity (Wildman–Crippen MR) is 51.5 cm³/mol. The maximum atomic E-state index is 11.1. The molecule has 0 aliphatic heterocycles. The van der Waals surface area contributed by atoms with Crippen LogP contribution in [0.5, 0.6) is 0 Å². The summed E-state index contributed by atoms with van der Waals surface area (Å²) in [4.78, 5) is 0. The summed E-state index contributed by atoms with van der Waals surface area (Å²) < 4.78 is 32.4. The molecular formula is C6H15NO3S2. The van der Waals surface area contributed by atoms with Crippen LogP contribution in [0.25, 0.3) is 0 Å². The molecule has 0 radical (unpaired) electrons. The average Bonchev–Trinajstić information content (AvgIpc) is 1.95. The van der Waals surface area contributed by atoms with Crippen molar-refractivity contribution >= 4 is 20.6 Å². The number of hydrogen-bond acceptors (Lipinski definition) is 4. The molecule has 0 amide bonds. The van der Waals surface area contributed by atoms with E-state index in [2.05, 4.69) is 5.32 Å². The van der Waals surface area contributed by atoms with Gasteiger partial charge in [-0.3, -0.25) is 4.21 Å². The highest BCUT2D eigenvalue weighted by Gasteiger charge is 2.05. The lowest BCUT2D eigenvalue weighted by molar-refractivity contribution is 0.602. The molecule has 12 heavy (non-hydrogen) atoms. The largest absolute Gasteiger partial charge is 0.319 e. The molecule has 74 valence electrons. The van der Waals surface area contributed by atoms with Crippen molar-refractivity contribution in [2.75, 3.05) is 37.1 Å². The van der Waals surface area contributed by atoms with E-state index in [9.17, 15) is 12.6 Å². The van der Waals surface area contributed by atoms with E-state index < -0.39 is 20.6 Å². The fourth-order valence-electron chi connectivity index (χ4n) is 0.562. The fraction of sp³-hybridized carbons (Fsp3) is 1.00. The molecule has 0 aromatic rings. The Kier molecular flexibility index (Phi) is 5.69. The van der Waals surface area contributed by atoms with Crippen molar-refractivity contribution in [3.8, 4) is 0 Å². The van der Waals surface area contributed by atoms with E-state index in [0.29, 0.717) is 12.3 Å². The predicted octanol–water partition coefficient (Wildman–Crippen LogP) is -1.00. The first-order valence-corrected chi connectivity index (χ1v) is 7.18. The minimum atomic E-state index is -2.96. The Bertz CT molecular complexity index is 235. The van der Waals surface area contributed by atoms with Gasteiger partial charge in [-0.15, -0.1) is 0 Å². The minimum absolute atomic E-state index is 0.0172. The maximum absolute atomic E-state index is 11.1.